The van der Waals surface area contributed by atoms with Crippen LogP contribution in [0.4, 0.5) is 11.4 Å². The molecular formula is C16H25N3O. The molecule has 0 radical (unpaired) electrons. The lowest BCUT2D eigenvalue weighted by Gasteiger charge is -2.38. The summed E-state index contributed by atoms with van der Waals surface area (Å²) in [5.41, 5.74) is 13.6. The van der Waals surface area contributed by atoms with Crippen LogP contribution in [-0.2, 0) is 0 Å². The molecule has 1 fully saturated rings. The van der Waals surface area contributed by atoms with Gasteiger partial charge in [0.1, 0.15) is 0 Å². The zero-order valence-electron chi connectivity index (χ0n) is 12.6. The van der Waals surface area contributed by atoms with Crippen molar-refractivity contribution in [3.63, 3.8) is 0 Å². The molecule has 1 amide bonds. The maximum Gasteiger partial charge on any atom is 0.255 e. The molecule has 0 spiro atoms. The molecule has 4 N–H and O–H groups in total. The zero-order chi connectivity index (χ0) is 14.9. The minimum atomic E-state index is -0.00722. The van der Waals surface area contributed by atoms with Crippen LogP contribution in [-0.4, -0.2) is 23.9 Å². The Hall–Kier alpha value is -1.71. The lowest BCUT2D eigenvalue weighted by Crippen LogP contribution is -2.41. The Kier molecular flexibility index (Phi) is 3.93. The molecule has 0 atom stereocenters. The lowest BCUT2D eigenvalue weighted by molar-refractivity contribution is 0.0636. The van der Waals surface area contributed by atoms with Gasteiger partial charge in [-0.25, -0.2) is 0 Å². The second-order valence-corrected chi connectivity index (χ2v) is 6.66. The van der Waals surface area contributed by atoms with Gasteiger partial charge in [0.25, 0.3) is 5.91 Å². The first kappa shape index (κ1) is 14.7. The van der Waals surface area contributed by atoms with E-state index in [0.717, 1.165) is 25.7 Å². The SMILES string of the molecule is CN(C(=O)c1ccc(N)cc1N)C1CCC(C)(C)CC1. The first-order valence-corrected chi connectivity index (χ1v) is 7.22. The second-order valence-electron chi connectivity index (χ2n) is 6.66. The molecule has 0 aliphatic heterocycles. The Balaban J connectivity index is 2.09. The van der Waals surface area contributed by atoms with E-state index < -0.39 is 0 Å². The summed E-state index contributed by atoms with van der Waals surface area (Å²) in [5, 5.41) is 0. The van der Waals surface area contributed by atoms with Gasteiger partial charge in [0.05, 0.1) is 5.56 Å². The number of nitrogens with zero attached hydrogens (tertiary/aromatic N) is 1. The van der Waals surface area contributed by atoms with Gasteiger partial charge < -0.3 is 16.4 Å². The Morgan fingerprint density at radius 1 is 1.25 bits per heavy atom. The number of anilines is 2. The van der Waals surface area contributed by atoms with E-state index >= 15 is 0 Å². The van der Waals surface area contributed by atoms with Crippen LogP contribution in [0.15, 0.2) is 18.2 Å². The molecule has 20 heavy (non-hydrogen) atoms. The first-order valence-electron chi connectivity index (χ1n) is 7.22. The molecule has 4 nitrogen and oxygen atoms in total. The van der Waals surface area contributed by atoms with E-state index in [0.29, 0.717) is 28.4 Å². The average Bonchev–Trinajstić information content (AvgIpc) is 2.37. The summed E-state index contributed by atoms with van der Waals surface area (Å²) in [6.07, 6.45) is 4.44. The van der Waals surface area contributed by atoms with E-state index in [1.54, 1.807) is 18.2 Å². The van der Waals surface area contributed by atoms with Crippen LogP contribution in [0, 0.1) is 5.41 Å². The van der Waals surface area contributed by atoms with Crippen LogP contribution in [0.3, 0.4) is 0 Å². The number of hydrogen-bond donors (Lipinski definition) is 2. The summed E-state index contributed by atoms with van der Waals surface area (Å²) in [6.45, 7) is 4.59. The van der Waals surface area contributed by atoms with Gasteiger partial charge in [-0.2, -0.15) is 0 Å². The number of nitrogens with two attached hydrogens (primary N) is 2. The number of carbonyl (C=O) groups is 1. The predicted molar refractivity (Wildman–Crippen MR) is 83.4 cm³/mol. The highest BCUT2D eigenvalue weighted by molar-refractivity contribution is 5.99. The van der Waals surface area contributed by atoms with Crippen LogP contribution in [0.2, 0.25) is 0 Å². The fourth-order valence-corrected chi connectivity index (χ4v) is 2.90. The van der Waals surface area contributed by atoms with Crippen molar-refractivity contribution in [3.05, 3.63) is 23.8 Å². The van der Waals surface area contributed by atoms with E-state index in [9.17, 15) is 4.79 Å². The summed E-state index contributed by atoms with van der Waals surface area (Å²) in [5.74, 6) is -0.00722. The third kappa shape index (κ3) is 3.06. The summed E-state index contributed by atoms with van der Waals surface area (Å²) in [7, 11) is 1.88. The third-order valence-corrected chi connectivity index (χ3v) is 4.48. The van der Waals surface area contributed by atoms with E-state index in [1.807, 2.05) is 11.9 Å². The van der Waals surface area contributed by atoms with Gasteiger partial charge in [0.15, 0.2) is 0 Å². The maximum atomic E-state index is 12.5. The Bertz CT molecular complexity index is 500. The fraction of sp³-hybridized carbons (Fsp3) is 0.562. The monoisotopic (exact) mass is 275 g/mol. The molecule has 0 bridgehead atoms. The number of benzene rings is 1. The summed E-state index contributed by atoms with van der Waals surface area (Å²) < 4.78 is 0. The molecule has 1 aromatic rings. The van der Waals surface area contributed by atoms with Crippen molar-refractivity contribution >= 4 is 17.3 Å². The third-order valence-electron chi connectivity index (χ3n) is 4.48. The molecule has 1 aromatic carbocycles. The van der Waals surface area contributed by atoms with Crippen LogP contribution in [0.25, 0.3) is 0 Å². The number of hydrogen-bond acceptors (Lipinski definition) is 3. The molecule has 1 aliphatic rings. The predicted octanol–water partition coefficient (Wildman–Crippen LogP) is 2.89. The molecule has 0 heterocycles. The van der Waals surface area contributed by atoms with Crippen molar-refractivity contribution in [1.29, 1.82) is 0 Å². The van der Waals surface area contributed by atoms with Gasteiger partial charge in [-0.15, -0.1) is 0 Å². The Morgan fingerprint density at radius 2 is 1.85 bits per heavy atom. The quantitative estimate of drug-likeness (QED) is 0.815. The molecule has 4 heteroatoms. The highest BCUT2D eigenvalue weighted by atomic mass is 16.2. The van der Waals surface area contributed by atoms with Crippen LogP contribution < -0.4 is 11.5 Å². The van der Waals surface area contributed by atoms with Gasteiger partial charge in [-0.1, -0.05) is 13.8 Å². The summed E-state index contributed by atoms with van der Waals surface area (Å²) in [4.78, 5) is 14.4. The van der Waals surface area contributed by atoms with E-state index in [2.05, 4.69) is 13.8 Å². The van der Waals surface area contributed by atoms with E-state index in [1.165, 1.54) is 0 Å². The Morgan fingerprint density at radius 3 is 2.40 bits per heavy atom. The maximum absolute atomic E-state index is 12.5. The van der Waals surface area contributed by atoms with Gasteiger partial charge in [0.2, 0.25) is 0 Å². The van der Waals surface area contributed by atoms with Gasteiger partial charge in [0, 0.05) is 24.5 Å². The molecule has 0 aromatic heterocycles. The van der Waals surface area contributed by atoms with Crippen molar-refractivity contribution in [1.82, 2.24) is 4.90 Å². The molecule has 0 saturated heterocycles. The highest BCUT2D eigenvalue weighted by Gasteiger charge is 2.31. The minimum Gasteiger partial charge on any atom is -0.399 e. The zero-order valence-corrected chi connectivity index (χ0v) is 12.6. The van der Waals surface area contributed by atoms with Crippen molar-refractivity contribution in [2.75, 3.05) is 18.5 Å². The van der Waals surface area contributed by atoms with Gasteiger partial charge in [-0.05, 0) is 49.3 Å². The normalized spacial score (nSPS) is 18.8. The van der Waals surface area contributed by atoms with Crippen molar-refractivity contribution < 1.29 is 4.79 Å². The highest BCUT2D eigenvalue weighted by Crippen LogP contribution is 2.37. The number of carbonyl (C=O) groups excluding carboxylic acids is 1. The second kappa shape index (κ2) is 5.35. The number of amides is 1. The van der Waals surface area contributed by atoms with Crippen LogP contribution in [0.5, 0.6) is 0 Å². The molecule has 1 saturated carbocycles. The average molecular weight is 275 g/mol. The minimum absolute atomic E-state index is 0.00722. The van der Waals surface area contributed by atoms with Crippen LogP contribution >= 0.6 is 0 Å². The molecule has 1 aliphatic carbocycles. The van der Waals surface area contributed by atoms with E-state index in [4.69, 9.17) is 11.5 Å². The first-order chi connectivity index (χ1) is 9.30. The topological polar surface area (TPSA) is 72.3 Å². The fourth-order valence-electron chi connectivity index (χ4n) is 2.90. The van der Waals surface area contributed by atoms with Crippen molar-refractivity contribution in [2.24, 2.45) is 5.41 Å². The molecular weight excluding hydrogens is 250 g/mol. The summed E-state index contributed by atoms with van der Waals surface area (Å²) >= 11 is 0. The van der Waals surface area contributed by atoms with E-state index in [-0.39, 0.29) is 5.91 Å². The van der Waals surface area contributed by atoms with Crippen molar-refractivity contribution in [2.45, 2.75) is 45.6 Å². The Labute approximate surface area is 121 Å². The smallest absolute Gasteiger partial charge is 0.255 e. The summed E-state index contributed by atoms with van der Waals surface area (Å²) in [6, 6.07) is 5.40. The molecule has 110 valence electrons. The van der Waals surface area contributed by atoms with Gasteiger partial charge >= 0.3 is 0 Å². The number of nitrogen functional groups attached to an aromatic ring is 2. The largest absolute Gasteiger partial charge is 0.399 e. The van der Waals surface area contributed by atoms with Crippen LogP contribution in [0.1, 0.15) is 49.9 Å². The standard InChI is InChI=1S/C16H25N3O/c1-16(2)8-6-12(7-9-16)19(3)15(20)13-5-4-11(17)10-14(13)18/h4-5,10,12H,6-9,17-18H2,1-3H3. The molecule has 0 unspecified atom stereocenters. The van der Waals surface area contributed by atoms with Gasteiger partial charge in [-0.3, -0.25) is 4.79 Å². The number of rotatable bonds is 2. The lowest BCUT2D eigenvalue weighted by atomic mass is 9.75. The molecule has 2 rings (SSSR count). The van der Waals surface area contributed by atoms with Crippen molar-refractivity contribution in [3.8, 4) is 0 Å².